The van der Waals surface area contributed by atoms with E-state index in [9.17, 15) is 4.79 Å². The van der Waals surface area contributed by atoms with E-state index in [0.717, 1.165) is 27.3 Å². The molecule has 0 unspecified atom stereocenters. The predicted octanol–water partition coefficient (Wildman–Crippen LogP) is 5.39. The molecule has 0 heterocycles. The predicted molar refractivity (Wildman–Crippen MR) is 116 cm³/mol. The third-order valence-corrected chi connectivity index (χ3v) is 5.77. The van der Waals surface area contributed by atoms with Crippen LogP contribution in [0.2, 0.25) is 0 Å². The first-order valence-corrected chi connectivity index (χ1v) is 10.2. The zero-order valence-electron chi connectivity index (χ0n) is 16.4. The Hall–Kier alpha value is -2.72. The summed E-state index contributed by atoms with van der Waals surface area (Å²) in [6.07, 6.45) is 0. The quantitative estimate of drug-likeness (QED) is 0.549. The number of carbonyl (C=O) groups excluding carboxylic acids is 1. The van der Waals surface area contributed by atoms with Crippen molar-refractivity contribution >= 4 is 17.7 Å². The summed E-state index contributed by atoms with van der Waals surface area (Å²) in [5.74, 6) is 0.822. The maximum Gasteiger partial charge on any atom is 0.233 e. The van der Waals surface area contributed by atoms with Gasteiger partial charge in [-0.25, -0.2) is 0 Å². The molecule has 0 bridgehead atoms. The van der Waals surface area contributed by atoms with Crippen LogP contribution in [0.5, 0.6) is 5.75 Å². The van der Waals surface area contributed by atoms with Gasteiger partial charge in [0.05, 0.1) is 18.4 Å². The molecule has 0 spiro atoms. The van der Waals surface area contributed by atoms with Gasteiger partial charge in [-0.05, 0) is 54.8 Å². The van der Waals surface area contributed by atoms with Gasteiger partial charge in [0.1, 0.15) is 5.75 Å². The van der Waals surface area contributed by atoms with Crippen LogP contribution < -0.4 is 10.1 Å². The van der Waals surface area contributed by atoms with Crippen molar-refractivity contribution in [2.24, 2.45) is 0 Å². The molecule has 28 heavy (non-hydrogen) atoms. The largest absolute Gasteiger partial charge is 0.497 e. The zero-order chi connectivity index (χ0) is 19.9. The van der Waals surface area contributed by atoms with Crippen LogP contribution in [0.4, 0.5) is 0 Å². The highest BCUT2D eigenvalue weighted by molar-refractivity contribution is 8.00. The number of methoxy groups -OCH3 is 1. The molecule has 0 saturated heterocycles. The molecule has 1 N–H and O–H groups in total. The summed E-state index contributed by atoms with van der Waals surface area (Å²) in [5, 5.41) is 3.03. The van der Waals surface area contributed by atoms with E-state index in [4.69, 9.17) is 4.74 Å². The highest BCUT2D eigenvalue weighted by Gasteiger charge is 2.22. The molecular formula is C24H25NO2S. The highest BCUT2D eigenvalue weighted by atomic mass is 32.2. The first-order chi connectivity index (χ1) is 13.6. The number of carbonyl (C=O) groups is 1. The summed E-state index contributed by atoms with van der Waals surface area (Å²) in [5.41, 5.74) is 3.35. The number of benzene rings is 3. The smallest absolute Gasteiger partial charge is 0.233 e. The Morgan fingerprint density at radius 2 is 1.57 bits per heavy atom. The molecule has 3 aromatic carbocycles. The summed E-state index contributed by atoms with van der Waals surface area (Å²) < 4.78 is 5.19. The minimum absolute atomic E-state index is 0.0120. The molecule has 0 aliphatic rings. The van der Waals surface area contributed by atoms with Crippen molar-refractivity contribution in [1.82, 2.24) is 5.32 Å². The van der Waals surface area contributed by atoms with E-state index >= 15 is 0 Å². The van der Waals surface area contributed by atoms with Crippen LogP contribution >= 0.6 is 11.8 Å². The summed E-state index contributed by atoms with van der Waals surface area (Å²) in [4.78, 5) is 14.0. The summed E-state index contributed by atoms with van der Waals surface area (Å²) in [6, 6.07) is 25.9. The Balaban J connectivity index is 1.78. The standard InChI is InChI=1S/C24H25NO2S/c1-17-9-7-8-12-22(17)23(19-10-5-4-6-11-19)25-24(26)18(2)28-21-15-13-20(27-3)14-16-21/h4-16,18,23H,1-3H3,(H,25,26)/t18-,23+/m1/s1. The summed E-state index contributed by atoms with van der Waals surface area (Å²) >= 11 is 1.54. The van der Waals surface area contributed by atoms with Gasteiger partial charge in [0.15, 0.2) is 0 Å². The van der Waals surface area contributed by atoms with Crippen molar-refractivity contribution in [2.45, 2.75) is 30.0 Å². The fourth-order valence-corrected chi connectivity index (χ4v) is 3.94. The lowest BCUT2D eigenvalue weighted by molar-refractivity contribution is -0.120. The molecular weight excluding hydrogens is 366 g/mol. The molecule has 2 atom stereocenters. The number of aryl methyl sites for hydroxylation is 1. The molecule has 144 valence electrons. The normalized spacial score (nSPS) is 12.8. The average molecular weight is 392 g/mol. The molecule has 0 radical (unpaired) electrons. The second-order valence-electron chi connectivity index (χ2n) is 6.64. The maximum atomic E-state index is 13.0. The van der Waals surface area contributed by atoms with Gasteiger partial charge in [0.2, 0.25) is 5.91 Å². The van der Waals surface area contributed by atoms with E-state index in [1.807, 2.05) is 61.5 Å². The molecule has 0 aromatic heterocycles. The molecule has 3 rings (SSSR count). The third kappa shape index (κ3) is 4.96. The van der Waals surface area contributed by atoms with Gasteiger partial charge in [0.25, 0.3) is 0 Å². The van der Waals surface area contributed by atoms with Crippen LogP contribution in [0, 0.1) is 6.92 Å². The van der Waals surface area contributed by atoms with Crippen molar-refractivity contribution in [1.29, 1.82) is 0 Å². The Labute approximate surface area is 171 Å². The number of nitrogens with one attached hydrogen (secondary N) is 1. The summed E-state index contributed by atoms with van der Waals surface area (Å²) in [7, 11) is 1.65. The molecule has 0 aliphatic heterocycles. The Morgan fingerprint density at radius 1 is 0.929 bits per heavy atom. The first-order valence-electron chi connectivity index (χ1n) is 9.30. The highest BCUT2D eigenvalue weighted by Crippen LogP contribution is 2.28. The maximum absolute atomic E-state index is 13.0. The van der Waals surface area contributed by atoms with Crippen LogP contribution in [-0.4, -0.2) is 18.3 Å². The minimum atomic E-state index is -0.219. The topological polar surface area (TPSA) is 38.3 Å². The van der Waals surface area contributed by atoms with Gasteiger partial charge >= 0.3 is 0 Å². The molecule has 1 amide bonds. The number of hydrogen-bond acceptors (Lipinski definition) is 3. The molecule has 4 heteroatoms. The number of rotatable bonds is 7. The van der Waals surface area contributed by atoms with Crippen LogP contribution in [0.3, 0.4) is 0 Å². The van der Waals surface area contributed by atoms with E-state index < -0.39 is 0 Å². The van der Waals surface area contributed by atoms with E-state index in [1.54, 1.807) is 7.11 Å². The van der Waals surface area contributed by atoms with E-state index in [1.165, 1.54) is 11.8 Å². The molecule has 0 aliphatic carbocycles. The van der Waals surface area contributed by atoms with Gasteiger partial charge in [-0.1, -0.05) is 54.6 Å². The lowest BCUT2D eigenvalue weighted by atomic mass is 9.95. The number of hydrogen-bond donors (Lipinski definition) is 1. The monoisotopic (exact) mass is 391 g/mol. The SMILES string of the molecule is COc1ccc(S[C@H](C)C(=O)N[C@@H](c2ccccc2)c2ccccc2C)cc1. The third-order valence-electron chi connectivity index (χ3n) is 4.66. The van der Waals surface area contributed by atoms with Gasteiger partial charge in [-0.3, -0.25) is 4.79 Å². The van der Waals surface area contributed by atoms with Crippen LogP contribution in [-0.2, 0) is 4.79 Å². The van der Waals surface area contributed by atoms with Gasteiger partial charge in [0, 0.05) is 4.90 Å². The van der Waals surface area contributed by atoms with Crippen LogP contribution in [0.25, 0.3) is 0 Å². The average Bonchev–Trinajstić information content (AvgIpc) is 2.73. The van der Waals surface area contributed by atoms with Crippen molar-refractivity contribution < 1.29 is 9.53 Å². The van der Waals surface area contributed by atoms with Crippen LogP contribution in [0.1, 0.15) is 29.7 Å². The number of thioether (sulfide) groups is 1. The van der Waals surface area contributed by atoms with E-state index in [2.05, 4.69) is 36.5 Å². The fourth-order valence-electron chi connectivity index (χ4n) is 3.07. The van der Waals surface area contributed by atoms with Crippen molar-refractivity contribution in [3.63, 3.8) is 0 Å². The molecule has 0 fully saturated rings. The second-order valence-corrected chi connectivity index (χ2v) is 8.06. The van der Waals surface area contributed by atoms with E-state index in [-0.39, 0.29) is 17.2 Å². The number of ether oxygens (including phenoxy) is 1. The van der Waals surface area contributed by atoms with Gasteiger partial charge in [-0.2, -0.15) is 0 Å². The molecule has 0 saturated carbocycles. The van der Waals surface area contributed by atoms with Crippen LogP contribution in [0.15, 0.2) is 83.8 Å². The first kappa shape index (κ1) is 20.0. The molecule has 3 aromatic rings. The number of amides is 1. The lowest BCUT2D eigenvalue weighted by Crippen LogP contribution is -2.35. The van der Waals surface area contributed by atoms with Gasteiger partial charge < -0.3 is 10.1 Å². The Kier molecular flexibility index (Phi) is 6.77. The summed E-state index contributed by atoms with van der Waals surface area (Å²) in [6.45, 7) is 4.01. The van der Waals surface area contributed by atoms with E-state index in [0.29, 0.717) is 0 Å². The van der Waals surface area contributed by atoms with Crippen molar-refractivity contribution in [2.75, 3.05) is 7.11 Å². The van der Waals surface area contributed by atoms with Crippen molar-refractivity contribution in [3.8, 4) is 5.75 Å². The Bertz CT molecular complexity index is 909. The van der Waals surface area contributed by atoms with Gasteiger partial charge in [-0.15, -0.1) is 11.8 Å². The fraction of sp³-hybridized carbons (Fsp3) is 0.208. The lowest BCUT2D eigenvalue weighted by Gasteiger charge is -2.23. The second kappa shape index (κ2) is 9.47. The minimum Gasteiger partial charge on any atom is -0.497 e. The molecule has 3 nitrogen and oxygen atoms in total. The zero-order valence-corrected chi connectivity index (χ0v) is 17.2. The van der Waals surface area contributed by atoms with Crippen molar-refractivity contribution in [3.05, 3.63) is 95.6 Å². The Morgan fingerprint density at radius 3 is 2.21 bits per heavy atom.